The van der Waals surface area contributed by atoms with Gasteiger partial charge in [-0.3, -0.25) is 4.79 Å². The summed E-state index contributed by atoms with van der Waals surface area (Å²) in [6.45, 7) is 4.35. The quantitative estimate of drug-likeness (QED) is 0.881. The Hall–Kier alpha value is -2.96. The molecule has 2 aromatic rings. The van der Waals surface area contributed by atoms with Gasteiger partial charge in [-0.15, -0.1) is 0 Å². The zero-order valence-electron chi connectivity index (χ0n) is 16.0. The van der Waals surface area contributed by atoms with Gasteiger partial charge in [-0.1, -0.05) is 12.1 Å². The number of ether oxygens (including phenoxy) is 1. The number of amides is 3. The maximum atomic E-state index is 12.5. The summed E-state index contributed by atoms with van der Waals surface area (Å²) >= 11 is 0. The third kappa shape index (κ3) is 4.13. The number of urea groups is 1. The predicted octanol–water partition coefficient (Wildman–Crippen LogP) is 2.67. The average Bonchev–Trinajstić information content (AvgIpc) is 3.18. The van der Waals surface area contributed by atoms with Gasteiger partial charge in [0.1, 0.15) is 11.9 Å². The molecule has 148 valence electrons. The Labute approximate surface area is 164 Å². The maximum absolute atomic E-state index is 12.5. The Morgan fingerprint density at radius 3 is 2.75 bits per heavy atom. The molecule has 1 atom stereocenters. The average molecular weight is 383 g/mol. The second kappa shape index (κ2) is 7.96. The normalized spacial score (nSPS) is 19.8. The molecule has 3 heterocycles. The molecule has 1 aromatic carbocycles. The van der Waals surface area contributed by atoms with Crippen molar-refractivity contribution in [1.29, 1.82) is 0 Å². The fourth-order valence-electron chi connectivity index (χ4n) is 3.66. The molecule has 0 unspecified atom stereocenters. The Morgan fingerprint density at radius 2 is 2.00 bits per heavy atom. The lowest BCUT2D eigenvalue weighted by molar-refractivity contribution is 0.0413. The summed E-state index contributed by atoms with van der Waals surface area (Å²) in [5.41, 5.74) is 1.15. The first kappa shape index (κ1) is 18.4. The lowest BCUT2D eigenvalue weighted by Gasteiger charge is -2.40. The molecular weight excluding hydrogens is 358 g/mol. The van der Waals surface area contributed by atoms with Crippen molar-refractivity contribution in [2.75, 3.05) is 26.2 Å². The van der Waals surface area contributed by atoms with Gasteiger partial charge in [0.2, 0.25) is 0 Å². The number of rotatable bonds is 4. The van der Waals surface area contributed by atoms with Crippen LogP contribution in [0.2, 0.25) is 0 Å². The van der Waals surface area contributed by atoms with E-state index in [1.165, 1.54) is 6.26 Å². The van der Waals surface area contributed by atoms with Gasteiger partial charge in [0.15, 0.2) is 5.76 Å². The number of likely N-dealkylation sites (tertiary alicyclic amines) is 2. The molecule has 0 radical (unpaired) electrons. The molecular formula is C21H25N3O4. The zero-order valence-corrected chi connectivity index (χ0v) is 16.0. The molecule has 1 N–H and O–H groups in total. The minimum atomic E-state index is -0.125. The van der Waals surface area contributed by atoms with Crippen LogP contribution in [0.5, 0.6) is 5.75 Å². The highest BCUT2D eigenvalue weighted by atomic mass is 16.5. The molecule has 2 aliphatic rings. The number of furan rings is 1. The van der Waals surface area contributed by atoms with Crippen molar-refractivity contribution in [2.45, 2.75) is 31.9 Å². The Morgan fingerprint density at radius 1 is 1.14 bits per heavy atom. The van der Waals surface area contributed by atoms with E-state index < -0.39 is 0 Å². The van der Waals surface area contributed by atoms with Gasteiger partial charge in [0, 0.05) is 19.1 Å². The molecule has 2 fully saturated rings. The minimum Gasteiger partial charge on any atom is -0.487 e. The van der Waals surface area contributed by atoms with E-state index in [1.54, 1.807) is 21.9 Å². The van der Waals surface area contributed by atoms with Crippen molar-refractivity contribution in [3.05, 3.63) is 54.0 Å². The van der Waals surface area contributed by atoms with Crippen LogP contribution in [0.4, 0.5) is 4.79 Å². The van der Waals surface area contributed by atoms with Crippen molar-refractivity contribution in [2.24, 2.45) is 0 Å². The summed E-state index contributed by atoms with van der Waals surface area (Å²) in [5.74, 6) is 1.05. The molecule has 28 heavy (non-hydrogen) atoms. The molecule has 0 spiro atoms. The van der Waals surface area contributed by atoms with Gasteiger partial charge in [0.05, 0.1) is 19.4 Å². The second-order valence-electron chi connectivity index (χ2n) is 7.48. The molecule has 0 aliphatic carbocycles. The first-order valence-electron chi connectivity index (χ1n) is 9.70. The lowest BCUT2D eigenvalue weighted by atomic mass is 10.1. The van der Waals surface area contributed by atoms with Crippen LogP contribution in [-0.2, 0) is 0 Å². The van der Waals surface area contributed by atoms with E-state index in [0.717, 1.165) is 24.2 Å². The lowest BCUT2D eigenvalue weighted by Crippen LogP contribution is -2.61. The molecule has 0 saturated carbocycles. The predicted molar refractivity (Wildman–Crippen MR) is 103 cm³/mol. The number of hydrogen-bond acceptors (Lipinski definition) is 4. The Bertz CT molecular complexity index is 830. The van der Waals surface area contributed by atoms with Crippen molar-refractivity contribution < 1.29 is 18.7 Å². The molecule has 0 bridgehead atoms. The first-order chi connectivity index (χ1) is 13.6. The molecule has 2 aliphatic heterocycles. The van der Waals surface area contributed by atoms with Crippen molar-refractivity contribution in [3.63, 3.8) is 0 Å². The fourth-order valence-corrected chi connectivity index (χ4v) is 3.66. The fraction of sp³-hybridized carbons (Fsp3) is 0.429. The molecule has 7 heteroatoms. The van der Waals surface area contributed by atoms with Crippen LogP contribution in [0.15, 0.2) is 47.1 Å². The Kier molecular flexibility index (Phi) is 5.23. The van der Waals surface area contributed by atoms with Crippen LogP contribution in [0.25, 0.3) is 0 Å². The highest BCUT2D eigenvalue weighted by molar-refractivity contribution is 5.91. The van der Waals surface area contributed by atoms with E-state index in [1.807, 2.05) is 31.2 Å². The summed E-state index contributed by atoms with van der Waals surface area (Å²) < 4.78 is 11.1. The highest BCUT2D eigenvalue weighted by Gasteiger charge is 2.34. The number of aryl methyl sites for hydroxylation is 1. The van der Waals surface area contributed by atoms with Gasteiger partial charge in [-0.2, -0.15) is 0 Å². The monoisotopic (exact) mass is 383 g/mol. The van der Waals surface area contributed by atoms with E-state index in [9.17, 15) is 9.59 Å². The van der Waals surface area contributed by atoms with Crippen LogP contribution in [0.1, 0.15) is 29.0 Å². The van der Waals surface area contributed by atoms with E-state index in [-0.39, 0.29) is 24.1 Å². The van der Waals surface area contributed by atoms with Gasteiger partial charge in [-0.25, -0.2) is 4.79 Å². The van der Waals surface area contributed by atoms with E-state index in [0.29, 0.717) is 31.9 Å². The molecule has 1 aromatic heterocycles. The number of carbonyl (C=O) groups is 2. The van der Waals surface area contributed by atoms with E-state index >= 15 is 0 Å². The number of nitrogens with zero attached hydrogens (tertiary/aromatic N) is 2. The molecule has 3 amide bonds. The molecule has 4 rings (SSSR count). The number of piperidine rings is 1. The number of carbonyl (C=O) groups excluding carboxylic acids is 2. The SMILES string of the molecule is Cc1cccc(OC2CN(C(=O)N[C@@H]3CCCN(C(=O)c4ccco4)C3)C2)c1. The minimum absolute atomic E-state index is 0.0240. The summed E-state index contributed by atoms with van der Waals surface area (Å²) in [7, 11) is 0. The molecule has 7 nitrogen and oxygen atoms in total. The third-order valence-corrected chi connectivity index (χ3v) is 5.20. The second-order valence-corrected chi connectivity index (χ2v) is 7.48. The van der Waals surface area contributed by atoms with Gasteiger partial charge in [0.25, 0.3) is 5.91 Å². The third-order valence-electron chi connectivity index (χ3n) is 5.20. The zero-order chi connectivity index (χ0) is 19.5. The smallest absolute Gasteiger partial charge is 0.317 e. The van der Waals surface area contributed by atoms with Crippen LogP contribution in [0.3, 0.4) is 0 Å². The summed E-state index contributed by atoms with van der Waals surface area (Å²) in [4.78, 5) is 28.4. The number of benzene rings is 1. The summed E-state index contributed by atoms with van der Waals surface area (Å²) in [5, 5.41) is 3.05. The first-order valence-corrected chi connectivity index (χ1v) is 9.70. The summed E-state index contributed by atoms with van der Waals surface area (Å²) in [6, 6.07) is 11.1. The van der Waals surface area contributed by atoms with Crippen LogP contribution < -0.4 is 10.1 Å². The van der Waals surface area contributed by atoms with Gasteiger partial charge < -0.3 is 24.3 Å². The maximum Gasteiger partial charge on any atom is 0.317 e. The summed E-state index contributed by atoms with van der Waals surface area (Å²) in [6.07, 6.45) is 3.24. The topological polar surface area (TPSA) is 75.0 Å². The standard InChI is InChI=1S/C21H25N3O4/c1-15-5-2-7-17(11-15)28-18-13-24(14-18)21(26)22-16-6-3-9-23(12-16)20(25)19-8-4-10-27-19/h2,4-5,7-8,10-11,16,18H,3,6,9,12-14H2,1H3,(H,22,26)/t16-/m1/s1. The molecule has 2 saturated heterocycles. The Balaban J connectivity index is 1.23. The van der Waals surface area contributed by atoms with Crippen molar-refractivity contribution in [3.8, 4) is 5.75 Å². The van der Waals surface area contributed by atoms with E-state index in [4.69, 9.17) is 9.15 Å². The number of nitrogens with one attached hydrogen (secondary N) is 1. The van der Waals surface area contributed by atoms with Gasteiger partial charge in [-0.05, 0) is 49.6 Å². The van der Waals surface area contributed by atoms with E-state index in [2.05, 4.69) is 5.32 Å². The largest absolute Gasteiger partial charge is 0.487 e. The van der Waals surface area contributed by atoms with Gasteiger partial charge >= 0.3 is 6.03 Å². The highest BCUT2D eigenvalue weighted by Crippen LogP contribution is 2.20. The number of hydrogen-bond donors (Lipinski definition) is 1. The van der Waals surface area contributed by atoms with Crippen molar-refractivity contribution >= 4 is 11.9 Å². The van der Waals surface area contributed by atoms with Crippen LogP contribution >= 0.6 is 0 Å². The van der Waals surface area contributed by atoms with Crippen LogP contribution in [-0.4, -0.2) is 60.1 Å². The van der Waals surface area contributed by atoms with Crippen molar-refractivity contribution in [1.82, 2.24) is 15.1 Å². The van der Waals surface area contributed by atoms with Crippen LogP contribution in [0, 0.1) is 6.92 Å².